The lowest BCUT2D eigenvalue weighted by Gasteiger charge is -2.09. The molecule has 0 saturated heterocycles. The van der Waals surface area contributed by atoms with E-state index in [2.05, 4.69) is 37.6 Å². The monoisotopic (exact) mass is 364 g/mol. The second kappa shape index (κ2) is 6.18. The highest BCUT2D eigenvalue weighted by atomic mass is 79.9. The van der Waals surface area contributed by atoms with Crippen LogP contribution in [0.25, 0.3) is 16.7 Å². The van der Waals surface area contributed by atoms with Gasteiger partial charge in [-0.05, 0) is 35.9 Å². The molecule has 108 valence electrons. The molecule has 0 radical (unpaired) electrons. The number of hydrogen-bond acceptors (Lipinski definition) is 2. The number of alkyl halides is 1. The van der Waals surface area contributed by atoms with Crippen LogP contribution in [0.15, 0.2) is 46.9 Å². The van der Waals surface area contributed by atoms with Gasteiger partial charge in [0.2, 0.25) is 0 Å². The molecule has 3 aromatic rings. The van der Waals surface area contributed by atoms with Crippen molar-refractivity contribution in [3.63, 3.8) is 0 Å². The maximum atomic E-state index is 6.07. The Labute approximate surface area is 136 Å². The minimum atomic E-state index is 0.362. The molecule has 0 unspecified atom stereocenters. The standard InChI is InChI=1S/C16H14BrClN2O/c1-21-10-11-3-2-4-13(7-11)20-15-6-5-12(17)8-14(15)19-16(20)9-18/h2-8H,9-10H2,1H3. The highest BCUT2D eigenvalue weighted by Crippen LogP contribution is 2.26. The zero-order chi connectivity index (χ0) is 14.8. The van der Waals surface area contributed by atoms with Gasteiger partial charge >= 0.3 is 0 Å². The number of benzene rings is 2. The van der Waals surface area contributed by atoms with Gasteiger partial charge < -0.3 is 4.74 Å². The Hall–Kier alpha value is -1.36. The molecule has 3 rings (SSSR count). The third kappa shape index (κ3) is 2.84. The van der Waals surface area contributed by atoms with Crippen molar-refractivity contribution in [3.05, 3.63) is 58.3 Å². The first-order valence-corrected chi connectivity index (χ1v) is 7.87. The van der Waals surface area contributed by atoms with E-state index in [9.17, 15) is 0 Å². The summed E-state index contributed by atoms with van der Waals surface area (Å²) in [5, 5.41) is 0. The molecule has 0 saturated carbocycles. The quantitative estimate of drug-likeness (QED) is 0.628. The number of methoxy groups -OCH3 is 1. The van der Waals surface area contributed by atoms with E-state index in [0.717, 1.165) is 32.6 Å². The molecule has 0 atom stereocenters. The lowest BCUT2D eigenvalue weighted by molar-refractivity contribution is 0.185. The Kier molecular flexibility index (Phi) is 4.29. The van der Waals surface area contributed by atoms with Crippen molar-refractivity contribution in [1.29, 1.82) is 0 Å². The van der Waals surface area contributed by atoms with E-state index in [1.165, 1.54) is 0 Å². The fourth-order valence-corrected chi connectivity index (χ4v) is 2.96. The van der Waals surface area contributed by atoms with E-state index < -0.39 is 0 Å². The largest absolute Gasteiger partial charge is 0.380 e. The van der Waals surface area contributed by atoms with Gasteiger partial charge in [0.05, 0.1) is 23.5 Å². The molecule has 0 aliphatic rings. The molecular weight excluding hydrogens is 352 g/mol. The molecule has 21 heavy (non-hydrogen) atoms. The molecule has 3 nitrogen and oxygen atoms in total. The van der Waals surface area contributed by atoms with Gasteiger partial charge in [-0.15, -0.1) is 11.6 Å². The van der Waals surface area contributed by atoms with Crippen LogP contribution in [0.5, 0.6) is 0 Å². The van der Waals surface area contributed by atoms with Crippen molar-refractivity contribution in [2.75, 3.05) is 7.11 Å². The number of hydrogen-bond donors (Lipinski definition) is 0. The number of ether oxygens (including phenoxy) is 1. The molecule has 5 heteroatoms. The molecule has 0 aliphatic heterocycles. The van der Waals surface area contributed by atoms with Crippen LogP contribution in [0.1, 0.15) is 11.4 Å². The van der Waals surface area contributed by atoms with Gasteiger partial charge in [0.1, 0.15) is 5.82 Å². The smallest absolute Gasteiger partial charge is 0.129 e. The predicted octanol–water partition coefficient (Wildman–Crippen LogP) is 4.67. The van der Waals surface area contributed by atoms with Gasteiger partial charge in [0, 0.05) is 17.3 Å². The number of fused-ring (bicyclic) bond motifs is 1. The first kappa shape index (κ1) is 14.6. The summed E-state index contributed by atoms with van der Waals surface area (Å²) in [6, 6.07) is 14.3. The fraction of sp³-hybridized carbons (Fsp3) is 0.188. The van der Waals surface area contributed by atoms with Gasteiger partial charge in [0.15, 0.2) is 0 Å². The minimum Gasteiger partial charge on any atom is -0.380 e. The fourth-order valence-electron chi connectivity index (χ4n) is 2.43. The topological polar surface area (TPSA) is 27.1 Å². The number of nitrogens with zero attached hydrogens (tertiary/aromatic N) is 2. The minimum absolute atomic E-state index is 0.362. The van der Waals surface area contributed by atoms with Crippen LogP contribution < -0.4 is 0 Å². The summed E-state index contributed by atoms with van der Waals surface area (Å²) in [5.41, 5.74) is 4.14. The Morgan fingerprint density at radius 1 is 1.24 bits per heavy atom. The normalized spacial score (nSPS) is 11.2. The second-order valence-electron chi connectivity index (χ2n) is 4.73. The maximum Gasteiger partial charge on any atom is 0.129 e. The summed E-state index contributed by atoms with van der Waals surface area (Å²) in [6.45, 7) is 0.586. The molecule has 0 amide bonds. The Bertz CT molecular complexity index is 785. The average molecular weight is 366 g/mol. The Morgan fingerprint density at radius 2 is 2.10 bits per heavy atom. The molecule has 0 spiro atoms. The molecule has 1 aromatic heterocycles. The van der Waals surface area contributed by atoms with Crippen LogP contribution in [0.4, 0.5) is 0 Å². The molecule has 0 N–H and O–H groups in total. The van der Waals surface area contributed by atoms with E-state index in [1.807, 2.05) is 30.3 Å². The number of halogens is 2. The number of aromatic nitrogens is 2. The van der Waals surface area contributed by atoms with Crippen LogP contribution >= 0.6 is 27.5 Å². The van der Waals surface area contributed by atoms with Gasteiger partial charge in [-0.1, -0.05) is 28.1 Å². The van der Waals surface area contributed by atoms with Crippen LogP contribution in [0.3, 0.4) is 0 Å². The van der Waals surface area contributed by atoms with Crippen LogP contribution in [-0.2, 0) is 17.2 Å². The van der Waals surface area contributed by atoms with Gasteiger partial charge in [-0.3, -0.25) is 4.57 Å². The summed E-state index contributed by atoms with van der Waals surface area (Å²) >= 11 is 9.55. The summed E-state index contributed by atoms with van der Waals surface area (Å²) in [6.07, 6.45) is 0. The van der Waals surface area contributed by atoms with Gasteiger partial charge in [-0.2, -0.15) is 0 Å². The predicted molar refractivity (Wildman–Crippen MR) is 89.0 cm³/mol. The van der Waals surface area contributed by atoms with Crippen molar-refractivity contribution in [3.8, 4) is 5.69 Å². The number of imidazole rings is 1. The van der Waals surface area contributed by atoms with E-state index in [-0.39, 0.29) is 0 Å². The van der Waals surface area contributed by atoms with Crippen LogP contribution in [0.2, 0.25) is 0 Å². The zero-order valence-electron chi connectivity index (χ0n) is 11.5. The van der Waals surface area contributed by atoms with Gasteiger partial charge in [0.25, 0.3) is 0 Å². The molecule has 2 aromatic carbocycles. The molecule has 0 aliphatic carbocycles. The summed E-state index contributed by atoms with van der Waals surface area (Å²) < 4.78 is 8.30. The summed E-state index contributed by atoms with van der Waals surface area (Å²) in [4.78, 5) is 4.61. The van der Waals surface area contributed by atoms with E-state index >= 15 is 0 Å². The Balaban J connectivity index is 2.20. The maximum absolute atomic E-state index is 6.07. The lowest BCUT2D eigenvalue weighted by Crippen LogP contribution is -2.00. The van der Waals surface area contributed by atoms with Crippen LogP contribution in [0, 0.1) is 0 Å². The van der Waals surface area contributed by atoms with Crippen molar-refractivity contribution in [2.24, 2.45) is 0 Å². The summed E-state index contributed by atoms with van der Waals surface area (Å²) in [5.74, 6) is 1.19. The molecule has 1 heterocycles. The van der Waals surface area contributed by atoms with Crippen molar-refractivity contribution in [2.45, 2.75) is 12.5 Å². The zero-order valence-corrected chi connectivity index (χ0v) is 13.9. The van der Waals surface area contributed by atoms with Crippen molar-refractivity contribution < 1.29 is 4.74 Å². The van der Waals surface area contributed by atoms with Crippen LogP contribution in [-0.4, -0.2) is 16.7 Å². The second-order valence-corrected chi connectivity index (χ2v) is 5.92. The molecule has 0 bridgehead atoms. The first-order chi connectivity index (χ1) is 10.2. The van der Waals surface area contributed by atoms with Crippen molar-refractivity contribution in [1.82, 2.24) is 9.55 Å². The van der Waals surface area contributed by atoms with Gasteiger partial charge in [-0.25, -0.2) is 4.98 Å². The van der Waals surface area contributed by atoms with E-state index in [0.29, 0.717) is 12.5 Å². The SMILES string of the molecule is COCc1cccc(-n2c(CCl)nc3cc(Br)ccc32)c1. The molecular formula is C16H14BrClN2O. The third-order valence-corrected chi connectivity index (χ3v) is 4.02. The highest BCUT2D eigenvalue weighted by molar-refractivity contribution is 9.10. The van der Waals surface area contributed by atoms with Crippen molar-refractivity contribution >= 4 is 38.6 Å². The third-order valence-electron chi connectivity index (χ3n) is 3.29. The average Bonchev–Trinajstić information content (AvgIpc) is 2.85. The number of rotatable bonds is 4. The summed E-state index contributed by atoms with van der Waals surface area (Å²) in [7, 11) is 1.70. The highest BCUT2D eigenvalue weighted by Gasteiger charge is 2.12. The van der Waals surface area contributed by atoms with E-state index in [4.69, 9.17) is 16.3 Å². The Morgan fingerprint density at radius 3 is 2.86 bits per heavy atom. The van der Waals surface area contributed by atoms with E-state index in [1.54, 1.807) is 7.11 Å². The lowest BCUT2D eigenvalue weighted by atomic mass is 10.2. The molecule has 0 fully saturated rings. The first-order valence-electron chi connectivity index (χ1n) is 6.54.